The van der Waals surface area contributed by atoms with Crippen molar-refractivity contribution in [2.75, 3.05) is 5.32 Å². The molecular formula is C31H28N4O4S2. The number of sulfonamides is 1. The molecule has 0 saturated carbocycles. The Labute approximate surface area is 243 Å². The van der Waals surface area contributed by atoms with Gasteiger partial charge in [0.2, 0.25) is 11.8 Å². The third kappa shape index (κ3) is 7.20. The Balaban J connectivity index is 1.65. The average molecular weight is 585 g/mol. The monoisotopic (exact) mass is 584 g/mol. The molecule has 0 radical (unpaired) electrons. The van der Waals surface area contributed by atoms with Crippen LogP contribution in [-0.4, -0.2) is 30.5 Å². The highest BCUT2D eigenvalue weighted by atomic mass is 32.2. The molecule has 1 unspecified atom stereocenters. The molecule has 0 aliphatic carbocycles. The van der Waals surface area contributed by atoms with E-state index in [0.717, 1.165) is 29.2 Å². The zero-order valence-electron chi connectivity index (χ0n) is 22.7. The van der Waals surface area contributed by atoms with E-state index in [1.54, 1.807) is 0 Å². The molecule has 2 N–H and O–H groups in total. The number of carbonyl (C=O) groups is 2. The molecule has 2 amide bonds. The lowest BCUT2D eigenvalue weighted by Gasteiger charge is -2.18. The lowest BCUT2D eigenvalue weighted by molar-refractivity contribution is -0.117. The number of carbonyl (C=O) groups excluding carboxylic acids is 2. The first kappa shape index (κ1) is 29.5. The molecule has 10 heteroatoms. The summed E-state index contributed by atoms with van der Waals surface area (Å²) in [5.41, 5.74) is 5.06. The van der Waals surface area contributed by atoms with Crippen molar-refractivity contribution in [3.63, 3.8) is 0 Å². The van der Waals surface area contributed by atoms with Gasteiger partial charge in [-0.25, -0.2) is 18.1 Å². The summed E-state index contributed by atoms with van der Waals surface area (Å²) < 4.78 is 26.3. The highest BCUT2D eigenvalue weighted by Crippen LogP contribution is 2.36. The molecule has 0 fully saturated rings. The topological polar surface area (TPSA) is 129 Å². The molecule has 1 heterocycles. The van der Waals surface area contributed by atoms with Crippen molar-refractivity contribution >= 4 is 39.3 Å². The van der Waals surface area contributed by atoms with Crippen LogP contribution < -0.4 is 10.0 Å². The van der Waals surface area contributed by atoms with Crippen molar-refractivity contribution in [2.45, 2.75) is 42.4 Å². The van der Waals surface area contributed by atoms with Crippen LogP contribution in [0.4, 0.5) is 5.69 Å². The maximum absolute atomic E-state index is 13.3. The molecule has 4 aromatic rings. The van der Waals surface area contributed by atoms with Crippen LogP contribution in [0.2, 0.25) is 0 Å². The number of anilines is 1. The second-order valence-electron chi connectivity index (χ2n) is 9.27. The summed E-state index contributed by atoms with van der Waals surface area (Å²) in [7, 11) is -3.99. The van der Waals surface area contributed by atoms with Crippen molar-refractivity contribution in [3.05, 3.63) is 96.1 Å². The number of hydrogen-bond acceptors (Lipinski definition) is 7. The van der Waals surface area contributed by atoms with Gasteiger partial charge in [-0.05, 0) is 49.2 Å². The first-order valence-corrected chi connectivity index (χ1v) is 15.2. The number of nitrogens with one attached hydrogen (secondary N) is 2. The van der Waals surface area contributed by atoms with E-state index < -0.39 is 21.2 Å². The Morgan fingerprint density at radius 1 is 0.976 bits per heavy atom. The molecule has 3 aromatic carbocycles. The van der Waals surface area contributed by atoms with E-state index >= 15 is 0 Å². The molecule has 0 saturated heterocycles. The number of nitriles is 1. The average Bonchev–Trinajstić information content (AvgIpc) is 2.96. The van der Waals surface area contributed by atoms with Crippen molar-refractivity contribution in [1.82, 2.24) is 9.71 Å². The second kappa shape index (κ2) is 12.8. The van der Waals surface area contributed by atoms with Gasteiger partial charge in [0.25, 0.3) is 10.0 Å². The molecule has 1 aromatic heterocycles. The lowest BCUT2D eigenvalue weighted by Crippen LogP contribution is -2.28. The third-order valence-corrected chi connectivity index (χ3v) is 8.96. The number of benzene rings is 3. The third-order valence-electron chi connectivity index (χ3n) is 6.16. The first-order chi connectivity index (χ1) is 19.6. The van der Waals surface area contributed by atoms with Gasteiger partial charge in [-0.3, -0.25) is 9.59 Å². The van der Waals surface area contributed by atoms with Crippen molar-refractivity contribution in [1.29, 1.82) is 5.26 Å². The molecule has 41 heavy (non-hydrogen) atoms. The fourth-order valence-corrected chi connectivity index (χ4v) is 6.10. The Hall–Kier alpha value is -4.46. The summed E-state index contributed by atoms with van der Waals surface area (Å²) in [5.74, 6) is -1.01. The summed E-state index contributed by atoms with van der Waals surface area (Å²) in [6.45, 7) is 4.98. The Kier molecular flexibility index (Phi) is 9.22. The Bertz CT molecular complexity index is 1720. The highest BCUT2D eigenvalue weighted by Gasteiger charge is 2.24. The molecule has 1 atom stereocenters. The Morgan fingerprint density at radius 2 is 1.63 bits per heavy atom. The second-order valence-corrected chi connectivity index (χ2v) is 12.1. The summed E-state index contributed by atoms with van der Waals surface area (Å²) in [5, 5.41) is 12.9. The predicted octanol–water partition coefficient (Wildman–Crippen LogP) is 5.93. The van der Waals surface area contributed by atoms with Crippen molar-refractivity contribution in [3.8, 4) is 28.5 Å². The lowest BCUT2D eigenvalue weighted by atomic mass is 9.98. The van der Waals surface area contributed by atoms with Gasteiger partial charge in [0, 0.05) is 23.7 Å². The number of hydrogen-bond donors (Lipinski definition) is 2. The quantitative estimate of drug-likeness (QED) is 0.233. The summed E-state index contributed by atoms with van der Waals surface area (Å²) >= 11 is 1.21. The largest absolute Gasteiger partial charge is 0.325 e. The number of pyridine rings is 1. The number of aromatic nitrogens is 1. The zero-order chi connectivity index (χ0) is 29.6. The maximum Gasteiger partial charge on any atom is 0.264 e. The van der Waals surface area contributed by atoms with E-state index in [-0.39, 0.29) is 10.8 Å². The summed E-state index contributed by atoms with van der Waals surface area (Å²) in [6.07, 6.45) is 0.452. The fraction of sp³-hybridized carbons (Fsp3) is 0.161. The summed E-state index contributed by atoms with van der Waals surface area (Å²) in [6, 6.07) is 27.3. The van der Waals surface area contributed by atoms with Crippen LogP contribution in [0, 0.1) is 18.3 Å². The van der Waals surface area contributed by atoms with E-state index in [4.69, 9.17) is 4.98 Å². The predicted molar refractivity (Wildman–Crippen MR) is 161 cm³/mol. The number of amides is 2. The minimum absolute atomic E-state index is 0.101. The highest BCUT2D eigenvalue weighted by molar-refractivity contribution is 8.00. The van der Waals surface area contributed by atoms with Gasteiger partial charge in [-0.1, -0.05) is 78.8 Å². The Morgan fingerprint density at radius 3 is 2.22 bits per heavy atom. The van der Waals surface area contributed by atoms with E-state index in [1.807, 2.05) is 79.2 Å². The molecular weight excluding hydrogens is 556 g/mol. The van der Waals surface area contributed by atoms with Gasteiger partial charge in [-0.15, -0.1) is 0 Å². The van der Waals surface area contributed by atoms with Crippen LogP contribution in [0.25, 0.3) is 22.4 Å². The van der Waals surface area contributed by atoms with E-state index in [1.165, 1.54) is 36.0 Å². The van der Waals surface area contributed by atoms with Gasteiger partial charge in [-0.2, -0.15) is 5.26 Å². The molecule has 0 aliphatic heterocycles. The molecule has 4 rings (SSSR count). The van der Waals surface area contributed by atoms with Crippen LogP contribution in [0.3, 0.4) is 0 Å². The van der Waals surface area contributed by atoms with Crippen LogP contribution in [-0.2, 0) is 19.6 Å². The van der Waals surface area contributed by atoms with Crippen LogP contribution >= 0.6 is 11.8 Å². The van der Waals surface area contributed by atoms with Gasteiger partial charge >= 0.3 is 0 Å². The summed E-state index contributed by atoms with van der Waals surface area (Å²) in [4.78, 5) is 29.2. The molecule has 8 nitrogen and oxygen atoms in total. The molecule has 0 aliphatic rings. The molecule has 0 spiro atoms. The normalized spacial score (nSPS) is 11.8. The van der Waals surface area contributed by atoms with Gasteiger partial charge in [0.15, 0.2) is 0 Å². The van der Waals surface area contributed by atoms with Gasteiger partial charge < -0.3 is 5.32 Å². The SMILES string of the molecule is CCC(Sc1nc(-c2ccccc2)cc(-c2ccc(C)cc2)c1C#N)C(=O)Nc1ccc(S(=O)(=O)NC(C)=O)cc1. The molecule has 208 valence electrons. The van der Waals surface area contributed by atoms with Gasteiger partial charge in [0.1, 0.15) is 11.1 Å². The smallest absolute Gasteiger partial charge is 0.264 e. The van der Waals surface area contributed by atoms with Crippen LogP contribution in [0.15, 0.2) is 94.9 Å². The van der Waals surface area contributed by atoms with Crippen LogP contribution in [0.5, 0.6) is 0 Å². The number of nitrogens with zero attached hydrogens (tertiary/aromatic N) is 2. The minimum Gasteiger partial charge on any atom is -0.325 e. The number of aryl methyl sites for hydroxylation is 1. The van der Waals surface area contributed by atoms with Gasteiger partial charge in [0.05, 0.1) is 21.4 Å². The number of rotatable bonds is 9. The standard InChI is InChI=1S/C31H28N4O4S2/c1-4-29(30(37)33-24-14-16-25(17-15-24)41(38,39)35-21(3)36)40-31-27(19-32)26(22-12-10-20(2)11-13-22)18-28(34-31)23-8-6-5-7-9-23/h5-18,29H,4H2,1-3H3,(H,33,37)(H,35,36). The van der Waals surface area contributed by atoms with Crippen LogP contribution in [0.1, 0.15) is 31.4 Å². The van der Waals surface area contributed by atoms with E-state index in [2.05, 4.69) is 11.4 Å². The minimum atomic E-state index is -3.99. The molecule has 0 bridgehead atoms. The zero-order valence-corrected chi connectivity index (χ0v) is 24.3. The van der Waals surface area contributed by atoms with E-state index in [0.29, 0.717) is 28.4 Å². The van der Waals surface area contributed by atoms with Crippen molar-refractivity contribution in [2.24, 2.45) is 0 Å². The maximum atomic E-state index is 13.3. The van der Waals surface area contributed by atoms with E-state index in [9.17, 15) is 23.3 Å². The number of thioether (sulfide) groups is 1. The first-order valence-electron chi connectivity index (χ1n) is 12.8. The fourth-order valence-electron chi connectivity index (χ4n) is 4.08. The van der Waals surface area contributed by atoms with Crippen molar-refractivity contribution < 1.29 is 18.0 Å².